The quantitative estimate of drug-likeness (QED) is 0.514. The minimum Gasteiger partial charge on any atom is -0.295 e. The molecule has 0 saturated carbocycles. The first kappa shape index (κ1) is 13.7. The van der Waals surface area contributed by atoms with E-state index in [-0.39, 0.29) is 5.78 Å². The number of unbranched alkanes of at least 4 members (excludes halogenated alkanes) is 2. The number of allylic oxidation sites excluding steroid dienone is 2. The number of carbonyl (C=O) groups is 1. The second-order valence-electron chi connectivity index (χ2n) is 4.48. The van der Waals surface area contributed by atoms with Gasteiger partial charge < -0.3 is 0 Å². The van der Waals surface area contributed by atoms with Crippen LogP contribution in [-0.2, 0) is 4.79 Å². The molecule has 0 aliphatic carbocycles. The first-order chi connectivity index (χ1) is 8.16. The topological polar surface area (TPSA) is 17.1 Å². The van der Waals surface area contributed by atoms with E-state index in [0.29, 0.717) is 0 Å². The van der Waals surface area contributed by atoms with Gasteiger partial charge in [0.25, 0.3) is 0 Å². The van der Waals surface area contributed by atoms with Crippen molar-refractivity contribution in [1.29, 1.82) is 0 Å². The summed E-state index contributed by atoms with van der Waals surface area (Å²) in [4.78, 5) is 11.7. The van der Waals surface area contributed by atoms with Gasteiger partial charge in [0, 0.05) is 0 Å². The van der Waals surface area contributed by atoms with Crippen LogP contribution >= 0.6 is 0 Å². The molecular formula is C16H22O. The van der Waals surface area contributed by atoms with Crippen LogP contribution in [0.15, 0.2) is 35.9 Å². The molecule has 17 heavy (non-hydrogen) atoms. The molecule has 1 aromatic carbocycles. The summed E-state index contributed by atoms with van der Waals surface area (Å²) < 4.78 is 0. The van der Waals surface area contributed by atoms with Gasteiger partial charge in [-0.2, -0.15) is 0 Å². The fourth-order valence-corrected chi connectivity index (χ4v) is 2.04. The number of ketones is 1. The standard InChI is InChI=1S/C16H22O/c1-4-5-7-12-16(14(3)17)13(2)15-10-8-6-9-11-15/h6,8-11H,4-5,7,12H2,1-3H3/b16-13-. The summed E-state index contributed by atoms with van der Waals surface area (Å²) in [6, 6.07) is 10.2. The lowest BCUT2D eigenvalue weighted by molar-refractivity contribution is -0.113. The van der Waals surface area contributed by atoms with Crippen LogP contribution in [0.5, 0.6) is 0 Å². The maximum Gasteiger partial charge on any atom is 0.156 e. The zero-order valence-corrected chi connectivity index (χ0v) is 11.1. The zero-order chi connectivity index (χ0) is 12.7. The van der Waals surface area contributed by atoms with Gasteiger partial charge in [-0.15, -0.1) is 0 Å². The van der Waals surface area contributed by atoms with Crippen LogP contribution in [0.4, 0.5) is 0 Å². The summed E-state index contributed by atoms with van der Waals surface area (Å²) >= 11 is 0. The van der Waals surface area contributed by atoms with Crippen LogP contribution in [0.2, 0.25) is 0 Å². The van der Waals surface area contributed by atoms with Gasteiger partial charge in [0.05, 0.1) is 0 Å². The molecule has 0 aliphatic rings. The average Bonchev–Trinajstić information content (AvgIpc) is 2.34. The Labute approximate surface area is 105 Å². The van der Waals surface area contributed by atoms with Crippen molar-refractivity contribution in [3.63, 3.8) is 0 Å². The molecule has 1 aromatic rings. The highest BCUT2D eigenvalue weighted by Gasteiger charge is 2.09. The van der Waals surface area contributed by atoms with Crippen molar-refractivity contribution in [1.82, 2.24) is 0 Å². The van der Waals surface area contributed by atoms with Gasteiger partial charge in [-0.05, 0) is 43.4 Å². The van der Waals surface area contributed by atoms with Gasteiger partial charge in [0.15, 0.2) is 5.78 Å². The maximum absolute atomic E-state index is 11.7. The highest BCUT2D eigenvalue weighted by atomic mass is 16.1. The van der Waals surface area contributed by atoms with Gasteiger partial charge >= 0.3 is 0 Å². The largest absolute Gasteiger partial charge is 0.295 e. The lowest BCUT2D eigenvalue weighted by atomic mass is 9.95. The molecule has 0 spiro atoms. The molecular weight excluding hydrogens is 208 g/mol. The van der Waals surface area contributed by atoms with E-state index in [9.17, 15) is 4.79 Å². The molecule has 92 valence electrons. The van der Waals surface area contributed by atoms with E-state index in [2.05, 4.69) is 26.0 Å². The highest BCUT2D eigenvalue weighted by molar-refractivity contribution is 6.00. The SMILES string of the molecule is CCCCC/C(C(C)=O)=C(\C)c1ccccc1. The monoisotopic (exact) mass is 230 g/mol. The molecule has 1 rings (SSSR count). The third-order valence-corrected chi connectivity index (χ3v) is 3.11. The van der Waals surface area contributed by atoms with E-state index >= 15 is 0 Å². The van der Waals surface area contributed by atoms with E-state index in [1.165, 1.54) is 12.8 Å². The molecule has 0 atom stereocenters. The van der Waals surface area contributed by atoms with Gasteiger partial charge in [0.2, 0.25) is 0 Å². The molecule has 0 heterocycles. The first-order valence-corrected chi connectivity index (χ1v) is 6.43. The number of hydrogen-bond donors (Lipinski definition) is 0. The van der Waals surface area contributed by atoms with Crippen LogP contribution in [0, 0.1) is 0 Å². The predicted octanol–water partition coefficient (Wildman–Crippen LogP) is 4.63. The van der Waals surface area contributed by atoms with Crippen LogP contribution in [0.25, 0.3) is 5.57 Å². The predicted molar refractivity (Wildman–Crippen MR) is 73.9 cm³/mol. The number of rotatable bonds is 6. The van der Waals surface area contributed by atoms with Crippen LogP contribution < -0.4 is 0 Å². The third kappa shape index (κ3) is 4.18. The molecule has 0 saturated heterocycles. The van der Waals surface area contributed by atoms with Crippen molar-refractivity contribution < 1.29 is 4.79 Å². The molecule has 0 aromatic heterocycles. The molecule has 0 aliphatic heterocycles. The van der Waals surface area contributed by atoms with Crippen molar-refractivity contribution in [2.75, 3.05) is 0 Å². The van der Waals surface area contributed by atoms with Crippen LogP contribution in [-0.4, -0.2) is 5.78 Å². The van der Waals surface area contributed by atoms with Crippen LogP contribution in [0.1, 0.15) is 52.0 Å². The van der Waals surface area contributed by atoms with Gasteiger partial charge in [-0.1, -0.05) is 50.1 Å². The van der Waals surface area contributed by atoms with E-state index < -0.39 is 0 Å². The zero-order valence-electron chi connectivity index (χ0n) is 11.1. The second kappa shape index (κ2) is 7.05. The highest BCUT2D eigenvalue weighted by Crippen LogP contribution is 2.22. The average molecular weight is 230 g/mol. The Balaban J connectivity index is 2.91. The Bertz CT molecular complexity index is 387. The van der Waals surface area contributed by atoms with Gasteiger partial charge in [0.1, 0.15) is 0 Å². The molecule has 0 unspecified atom stereocenters. The molecule has 1 heteroatoms. The molecule has 0 N–H and O–H groups in total. The smallest absolute Gasteiger partial charge is 0.156 e. The second-order valence-corrected chi connectivity index (χ2v) is 4.48. The maximum atomic E-state index is 11.7. The molecule has 0 bridgehead atoms. The fraction of sp³-hybridized carbons (Fsp3) is 0.438. The van der Waals surface area contributed by atoms with Gasteiger partial charge in [-0.3, -0.25) is 4.79 Å². The summed E-state index contributed by atoms with van der Waals surface area (Å²) in [6.07, 6.45) is 4.40. The molecule has 0 amide bonds. The van der Waals surface area contributed by atoms with Crippen molar-refractivity contribution in [2.45, 2.75) is 46.5 Å². The van der Waals surface area contributed by atoms with E-state index in [0.717, 1.165) is 29.6 Å². The summed E-state index contributed by atoms with van der Waals surface area (Å²) in [5.41, 5.74) is 3.29. The number of hydrogen-bond acceptors (Lipinski definition) is 1. The lowest BCUT2D eigenvalue weighted by Crippen LogP contribution is -2.00. The van der Waals surface area contributed by atoms with E-state index in [4.69, 9.17) is 0 Å². The number of benzene rings is 1. The van der Waals surface area contributed by atoms with Crippen molar-refractivity contribution in [2.24, 2.45) is 0 Å². The third-order valence-electron chi connectivity index (χ3n) is 3.11. The Morgan fingerprint density at radius 3 is 2.24 bits per heavy atom. The number of carbonyl (C=O) groups excluding carboxylic acids is 1. The Morgan fingerprint density at radius 2 is 1.71 bits per heavy atom. The fourth-order valence-electron chi connectivity index (χ4n) is 2.04. The Morgan fingerprint density at radius 1 is 1.06 bits per heavy atom. The van der Waals surface area contributed by atoms with E-state index in [1.807, 2.05) is 18.2 Å². The summed E-state index contributed by atoms with van der Waals surface area (Å²) in [6.45, 7) is 5.91. The minimum absolute atomic E-state index is 0.211. The molecule has 0 radical (unpaired) electrons. The first-order valence-electron chi connectivity index (χ1n) is 6.43. The Kier molecular flexibility index (Phi) is 5.68. The molecule has 1 nitrogen and oxygen atoms in total. The Hall–Kier alpha value is -1.37. The van der Waals surface area contributed by atoms with Crippen molar-refractivity contribution >= 4 is 11.4 Å². The summed E-state index contributed by atoms with van der Waals surface area (Å²) in [5.74, 6) is 0.211. The van der Waals surface area contributed by atoms with Crippen molar-refractivity contribution in [3.8, 4) is 0 Å². The lowest BCUT2D eigenvalue weighted by Gasteiger charge is -2.09. The summed E-state index contributed by atoms with van der Waals surface area (Å²) in [7, 11) is 0. The van der Waals surface area contributed by atoms with E-state index in [1.54, 1.807) is 6.92 Å². The molecule has 0 fully saturated rings. The normalized spacial score (nSPS) is 12.2. The minimum atomic E-state index is 0.211. The van der Waals surface area contributed by atoms with Crippen LogP contribution in [0.3, 0.4) is 0 Å². The summed E-state index contributed by atoms with van der Waals surface area (Å²) in [5, 5.41) is 0. The van der Waals surface area contributed by atoms with Crippen molar-refractivity contribution in [3.05, 3.63) is 41.5 Å². The van der Waals surface area contributed by atoms with Gasteiger partial charge in [-0.25, -0.2) is 0 Å². The number of Topliss-reactive ketones (excluding diaryl/α,β-unsaturated/α-hetero) is 1.